The second-order valence-electron chi connectivity index (χ2n) is 7.23. The lowest BCUT2D eigenvalue weighted by Crippen LogP contribution is -2.34. The third-order valence-electron chi connectivity index (χ3n) is 5.04. The Morgan fingerprint density at radius 3 is 2.16 bits per heavy atom. The number of amides is 2. The smallest absolute Gasteiger partial charge is 0.220 e. The minimum Gasteiger partial charge on any atom is -0.354 e. The van der Waals surface area contributed by atoms with Crippen molar-refractivity contribution >= 4 is 11.8 Å². The van der Waals surface area contributed by atoms with Gasteiger partial charge in [0.05, 0.1) is 0 Å². The molecule has 0 aliphatic heterocycles. The van der Waals surface area contributed by atoms with E-state index >= 15 is 0 Å². The van der Waals surface area contributed by atoms with Crippen molar-refractivity contribution < 1.29 is 9.59 Å². The van der Waals surface area contributed by atoms with E-state index in [2.05, 4.69) is 41.8 Å². The van der Waals surface area contributed by atoms with Crippen LogP contribution in [0.1, 0.15) is 62.5 Å². The van der Waals surface area contributed by atoms with Crippen molar-refractivity contribution in [3.8, 4) is 0 Å². The average Bonchev–Trinajstić information content (AvgIpc) is 2.64. The molecule has 1 aliphatic carbocycles. The summed E-state index contributed by atoms with van der Waals surface area (Å²) < 4.78 is 0. The predicted molar refractivity (Wildman–Crippen MR) is 101 cm³/mol. The minimum atomic E-state index is 0.0389. The van der Waals surface area contributed by atoms with Crippen molar-refractivity contribution in [3.05, 3.63) is 35.4 Å². The van der Waals surface area contributed by atoms with Gasteiger partial charge in [0.15, 0.2) is 0 Å². The van der Waals surface area contributed by atoms with E-state index in [4.69, 9.17) is 0 Å². The first-order valence-electron chi connectivity index (χ1n) is 9.72. The summed E-state index contributed by atoms with van der Waals surface area (Å²) in [6.45, 7) is 3.07. The van der Waals surface area contributed by atoms with Crippen molar-refractivity contribution in [1.82, 2.24) is 10.6 Å². The van der Waals surface area contributed by atoms with E-state index in [1.165, 1.54) is 43.2 Å². The van der Waals surface area contributed by atoms with Gasteiger partial charge in [-0.25, -0.2) is 0 Å². The van der Waals surface area contributed by atoms with Crippen molar-refractivity contribution in [2.24, 2.45) is 5.92 Å². The van der Waals surface area contributed by atoms with Crippen LogP contribution in [0.2, 0.25) is 0 Å². The topological polar surface area (TPSA) is 58.2 Å². The number of carbonyl (C=O) groups is 2. The van der Waals surface area contributed by atoms with Gasteiger partial charge in [0, 0.05) is 25.9 Å². The molecule has 0 atom stereocenters. The molecule has 0 heterocycles. The second-order valence-corrected chi connectivity index (χ2v) is 7.23. The van der Waals surface area contributed by atoms with Gasteiger partial charge in [0.2, 0.25) is 11.8 Å². The van der Waals surface area contributed by atoms with E-state index in [1.807, 2.05) is 0 Å². The van der Waals surface area contributed by atoms with E-state index in [0.717, 1.165) is 18.8 Å². The first-order chi connectivity index (χ1) is 12.1. The molecule has 1 aromatic rings. The Hall–Kier alpha value is -1.84. The highest BCUT2D eigenvalue weighted by Crippen LogP contribution is 2.27. The Kier molecular flexibility index (Phi) is 8.50. The van der Waals surface area contributed by atoms with Gasteiger partial charge in [-0.2, -0.15) is 0 Å². The molecular weight excluding hydrogens is 312 g/mol. The fourth-order valence-electron chi connectivity index (χ4n) is 3.40. The van der Waals surface area contributed by atoms with Gasteiger partial charge in [0.1, 0.15) is 0 Å². The third-order valence-corrected chi connectivity index (χ3v) is 5.04. The molecule has 138 valence electrons. The van der Waals surface area contributed by atoms with Crippen LogP contribution in [0.15, 0.2) is 24.3 Å². The zero-order chi connectivity index (χ0) is 17.9. The summed E-state index contributed by atoms with van der Waals surface area (Å²) in [5.74, 6) is 0.887. The normalized spacial score (nSPS) is 14.9. The van der Waals surface area contributed by atoms with Crippen molar-refractivity contribution in [2.45, 2.75) is 64.7 Å². The van der Waals surface area contributed by atoms with E-state index in [0.29, 0.717) is 25.9 Å². The Morgan fingerprint density at radius 1 is 0.920 bits per heavy atom. The molecule has 4 nitrogen and oxygen atoms in total. The first-order valence-corrected chi connectivity index (χ1v) is 9.72. The summed E-state index contributed by atoms with van der Waals surface area (Å²) in [5, 5.41) is 5.78. The number of carbonyl (C=O) groups excluding carboxylic acids is 2. The molecule has 0 spiro atoms. The van der Waals surface area contributed by atoms with Crippen LogP contribution >= 0.6 is 0 Å². The lowest BCUT2D eigenvalue weighted by molar-refractivity contribution is -0.123. The molecule has 1 aliphatic rings. The highest BCUT2D eigenvalue weighted by molar-refractivity contribution is 5.77. The van der Waals surface area contributed by atoms with E-state index < -0.39 is 0 Å². The standard InChI is InChI=1S/C21H32N2O2/c1-17-7-9-19(10-8-17)12-14-21(25)23-16-15-22-20(24)13-11-18-5-3-2-4-6-18/h7-10,18H,2-6,11-16H2,1H3,(H,22,24)(H,23,25). The molecule has 0 aromatic heterocycles. The maximum absolute atomic E-state index is 11.8. The fraction of sp³-hybridized carbons (Fsp3) is 0.619. The van der Waals surface area contributed by atoms with Gasteiger partial charge < -0.3 is 10.6 Å². The number of hydrogen-bond acceptors (Lipinski definition) is 2. The second kappa shape index (κ2) is 10.9. The van der Waals surface area contributed by atoms with Crippen LogP contribution in [-0.4, -0.2) is 24.9 Å². The molecule has 0 radical (unpaired) electrons. The van der Waals surface area contributed by atoms with Crippen molar-refractivity contribution in [3.63, 3.8) is 0 Å². The zero-order valence-electron chi connectivity index (χ0n) is 15.5. The average molecular weight is 344 g/mol. The molecule has 2 N–H and O–H groups in total. The van der Waals surface area contributed by atoms with Gasteiger partial charge in [-0.3, -0.25) is 9.59 Å². The van der Waals surface area contributed by atoms with Crippen molar-refractivity contribution in [1.29, 1.82) is 0 Å². The minimum absolute atomic E-state index is 0.0389. The molecule has 0 unspecified atom stereocenters. The number of nitrogens with one attached hydrogen (secondary N) is 2. The van der Waals surface area contributed by atoms with Crippen LogP contribution in [0.25, 0.3) is 0 Å². The van der Waals surface area contributed by atoms with Crippen LogP contribution in [0.3, 0.4) is 0 Å². The molecule has 1 fully saturated rings. The summed E-state index contributed by atoms with van der Waals surface area (Å²) in [6, 6.07) is 8.26. The molecule has 2 amide bonds. The summed E-state index contributed by atoms with van der Waals surface area (Å²) in [7, 11) is 0. The zero-order valence-corrected chi connectivity index (χ0v) is 15.5. The van der Waals surface area contributed by atoms with Crippen LogP contribution in [0, 0.1) is 12.8 Å². The third kappa shape index (κ3) is 8.19. The van der Waals surface area contributed by atoms with Gasteiger partial charge in [0.25, 0.3) is 0 Å². The summed E-state index contributed by atoms with van der Waals surface area (Å²) >= 11 is 0. The molecule has 4 heteroatoms. The number of aryl methyl sites for hydroxylation is 2. The summed E-state index contributed by atoms with van der Waals surface area (Å²) in [5.41, 5.74) is 2.41. The molecule has 2 rings (SSSR count). The maximum atomic E-state index is 11.8. The molecular formula is C21H32N2O2. The number of rotatable bonds is 9. The first kappa shape index (κ1) is 19.5. The quantitative estimate of drug-likeness (QED) is 0.673. The van der Waals surface area contributed by atoms with Crippen molar-refractivity contribution in [2.75, 3.05) is 13.1 Å². The Morgan fingerprint density at radius 2 is 1.52 bits per heavy atom. The number of hydrogen-bond donors (Lipinski definition) is 2. The lowest BCUT2D eigenvalue weighted by atomic mass is 9.86. The van der Waals surface area contributed by atoms with Crippen LogP contribution in [0.5, 0.6) is 0 Å². The van der Waals surface area contributed by atoms with E-state index in [1.54, 1.807) is 0 Å². The lowest BCUT2D eigenvalue weighted by Gasteiger charge is -2.20. The molecule has 1 aromatic carbocycles. The molecule has 0 bridgehead atoms. The highest BCUT2D eigenvalue weighted by Gasteiger charge is 2.14. The van der Waals surface area contributed by atoms with Crippen LogP contribution < -0.4 is 10.6 Å². The van der Waals surface area contributed by atoms with Gasteiger partial charge in [-0.05, 0) is 31.2 Å². The summed E-state index contributed by atoms with van der Waals surface area (Å²) in [4.78, 5) is 23.7. The van der Waals surface area contributed by atoms with E-state index in [9.17, 15) is 9.59 Å². The fourth-order valence-corrected chi connectivity index (χ4v) is 3.40. The summed E-state index contributed by atoms with van der Waals surface area (Å²) in [6.07, 6.45) is 9.42. The van der Waals surface area contributed by atoms with Gasteiger partial charge in [-0.1, -0.05) is 61.9 Å². The largest absolute Gasteiger partial charge is 0.354 e. The highest BCUT2D eigenvalue weighted by atomic mass is 16.2. The Bertz CT molecular complexity index is 533. The SMILES string of the molecule is Cc1ccc(CCC(=O)NCCNC(=O)CCC2CCCCC2)cc1. The Balaban J connectivity index is 1.49. The molecule has 1 saturated carbocycles. The Labute approximate surface area is 151 Å². The van der Waals surface area contributed by atoms with Crippen LogP contribution in [0.4, 0.5) is 0 Å². The van der Waals surface area contributed by atoms with Gasteiger partial charge in [-0.15, -0.1) is 0 Å². The molecule has 25 heavy (non-hydrogen) atoms. The predicted octanol–water partition coefficient (Wildman–Crippen LogP) is 3.52. The number of benzene rings is 1. The van der Waals surface area contributed by atoms with E-state index in [-0.39, 0.29) is 11.8 Å². The van der Waals surface area contributed by atoms with Crippen LogP contribution in [-0.2, 0) is 16.0 Å². The molecule has 0 saturated heterocycles. The van der Waals surface area contributed by atoms with Gasteiger partial charge >= 0.3 is 0 Å². The monoisotopic (exact) mass is 344 g/mol. The maximum Gasteiger partial charge on any atom is 0.220 e.